The first-order chi connectivity index (χ1) is 14.2. The maximum atomic E-state index is 12.9. The Hall–Kier alpha value is -3.48. The molecule has 0 unspecified atom stereocenters. The number of carbonyl (C=O) groups excluding carboxylic acids is 1. The summed E-state index contributed by atoms with van der Waals surface area (Å²) in [4.78, 5) is 20.6. The van der Waals surface area contributed by atoms with Crippen LogP contribution in [0.15, 0.2) is 60.9 Å². The van der Waals surface area contributed by atoms with E-state index in [1.807, 2.05) is 24.3 Å². The van der Waals surface area contributed by atoms with E-state index in [4.69, 9.17) is 4.74 Å². The fourth-order valence-corrected chi connectivity index (χ4v) is 2.83. The molecule has 150 valence electrons. The molecule has 2 N–H and O–H groups in total. The molecule has 0 atom stereocenters. The Labute approximate surface area is 169 Å². The van der Waals surface area contributed by atoms with Gasteiger partial charge in [0.2, 0.25) is 5.95 Å². The van der Waals surface area contributed by atoms with E-state index in [0.717, 1.165) is 23.3 Å². The number of rotatable bonds is 9. The minimum Gasteiger partial charge on any atom is -0.496 e. The number of nitrogens with one attached hydrogen (secondary N) is 2. The summed E-state index contributed by atoms with van der Waals surface area (Å²) in [5.41, 5.74) is 2.45. The van der Waals surface area contributed by atoms with Crippen molar-refractivity contribution in [1.29, 1.82) is 0 Å². The van der Waals surface area contributed by atoms with Crippen LogP contribution in [0.4, 0.5) is 10.3 Å². The fourth-order valence-electron chi connectivity index (χ4n) is 2.83. The van der Waals surface area contributed by atoms with Gasteiger partial charge < -0.3 is 15.4 Å². The van der Waals surface area contributed by atoms with E-state index < -0.39 is 0 Å². The molecule has 0 saturated heterocycles. The van der Waals surface area contributed by atoms with Gasteiger partial charge in [0, 0.05) is 25.5 Å². The maximum Gasteiger partial charge on any atom is 0.254 e. The molecule has 7 heteroatoms. The van der Waals surface area contributed by atoms with Crippen LogP contribution in [0.1, 0.15) is 21.5 Å². The second kappa shape index (κ2) is 10.2. The smallest absolute Gasteiger partial charge is 0.254 e. The van der Waals surface area contributed by atoms with Gasteiger partial charge in [-0.2, -0.15) is 0 Å². The highest BCUT2D eigenvalue weighted by molar-refractivity contribution is 5.93. The molecule has 0 aliphatic rings. The van der Waals surface area contributed by atoms with Gasteiger partial charge in [-0.25, -0.2) is 14.4 Å². The van der Waals surface area contributed by atoms with E-state index >= 15 is 0 Å². The van der Waals surface area contributed by atoms with Crippen LogP contribution in [-0.2, 0) is 12.8 Å². The Bertz CT molecular complexity index is 930. The lowest BCUT2D eigenvalue weighted by Crippen LogP contribution is -2.26. The molecular formula is C22H23FN4O2. The van der Waals surface area contributed by atoms with E-state index in [2.05, 4.69) is 20.6 Å². The standard InChI is InChI=1S/C22H23FN4O2/c1-29-20-5-3-2-4-17(20)11-13-24-21(28)18-14-26-22(27-15-18)25-12-10-16-6-8-19(23)9-7-16/h2-9,14-15H,10-13H2,1H3,(H,24,28)(H,25,26,27). The van der Waals surface area contributed by atoms with Crippen LogP contribution >= 0.6 is 0 Å². The highest BCUT2D eigenvalue weighted by Gasteiger charge is 2.08. The normalized spacial score (nSPS) is 10.4. The summed E-state index contributed by atoms with van der Waals surface area (Å²) in [6.45, 7) is 1.09. The van der Waals surface area contributed by atoms with Crippen LogP contribution in [0, 0.1) is 5.82 Å². The van der Waals surface area contributed by atoms with Crippen LogP contribution < -0.4 is 15.4 Å². The van der Waals surface area contributed by atoms with Crippen LogP contribution in [-0.4, -0.2) is 36.1 Å². The Kier molecular flexibility index (Phi) is 7.10. The summed E-state index contributed by atoms with van der Waals surface area (Å²) >= 11 is 0. The SMILES string of the molecule is COc1ccccc1CCNC(=O)c1cnc(NCCc2ccc(F)cc2)nc1. The molecule has 1 amide bonds. The van der Waals surface area contributed by atoms with Crippen molar-refractivity contribution in [1.82, 2.24) is 15.3 Å². The number of amides is 1. The molecule has 1 aromatic heterocycles. The molecule has 0 radical (unpaired) electrons. The van der Waals surface area contributed by atoms with Gasteiger partial charge in [0.1, 0.15) is 11.6 Å². The number of halogens is 1. The lowest BCUT2D eigenvalue weighted by Gasteiger charge is -2.09. The highest BCUT2D eigenvalue weighted by atomic mass is 19.1. The molecule has 3 rings (SSSR count). The number of aromatic nitrogens is 2. The van der Waals surface area contributed by atoms with Gasteiger partial charge in [-0.1, -0.05) is 30.3 Å². The van der Waals surface area contributed by atoms with Crippen molar-refractivity contribution in [3.8, 4) is 5.75 Å². The van der Waals surface area contributed by atoms with E-state index in [-0.39, 0.29) is 11.7 Å². The number of para-hydroxylation sites is 1. The molecule has 0 fully saturated rings. The zero-order chi connectivity index (χ0) is 20.5. The third-order valence-electron chi connectivity index (χ3n) is 4.40. The first kappa shape index (κ1) is 20.3. The van der Waals surface area contributed by atoms with Crippen LogP contribution in [0.25, 0.3) is 0 Å². The summed E-state index contributed by atoms with van der Waals surface area (Å²) in [5, 5.41) is 5.95. The lowest BCUT2D eigenvalue weighted by atomic mass is 10.1. The van der Waals surface area contributed by atoms with E-state index in [1.54, 1.807) is 19.2 Å². The van der Waals surface area contributed by atoms with Crippen LogP contribution in [0.5, 0.6) is 5.75 Å². The quantitative estimate of drug-likeness (QED) is 0.583. The van der Waals surface area contributed by atoms with Crippen molar-refractivity contribution in [2.75, 3.05) is 25.5 Å². The van der Waals surface area contributed by atoms with Crippen molar-refractivity contribution in [3.63, 3.8) is 0 Å². The van der Waals surface area contributed by atoms with Gasteiger partial charge in [0.15, 0.2) is 0 Å². The van der Waals surface area contributed by atoms with Gasteiger partial charge in [0.25, 0.3) is 5.91 Å². The zero-order valence-corrected chi connectivity index (χ0v) is 16.2. The molecule has 0 aliphatic carbocycles. The first-order valence-electron chi connectivity index (χ1n) is 9.36. The van der Waals surface area contributed by atoms with Gasteiger partial charge in [-0.15, -0.1) is 0 Å². The second-order valence-electron chi connectivity index (χ2n) is 6.42. The second-order valence-corrected chi connectivity index (χ2v) is 6.42. The first-order valence-corrected chi connectivity index (χ1v) is 9.36. The zero-order valence-electron chi connectivity index (χ0n) is 16.2. The van der Waals surface area contributed by atoms with Gasteiger partial charge in [-0.05, 0) is 42.2 Å². The van der Waals surface area contributed by atoms with Crippen LogP contribution in [0.3, 0.4) is 0 Å². The van der Waals surface area contributed by atoms with Gasteiger partial charge in [-0.3, -0.25) is 4.79 Å². The molecule has 0 bridgehead atoms. The number of hydrogen-bond acceptors (Lipinski definition) is 5. The highest BCUT2D eigenvalue weighted by Crippen LogP contribution is 2.17. The van der Waals surface area contributed by atoms with Crippen molar-refractivity contribution >= 4 is 11.9 Å². The largest absolute Gasteiger partial charge is 0.496 e. The average molecular weight is 394 g/mol. The monoisotopic (exact) mass is 394 g/mol. The summed E-state index contributed by atoms with van der Waals surface area (Å²) in [6, 6.07) is 14.1. The molecule has 3 aromatic rings. The Balaban J connectivity index is 1.44. The third-order valence-corrected chi connectivity index (χ3v) is 4.40. The molecule has 1 heterocycles. The van der Waals surface area contributed by atoms with Crippen LogP contribution in [0.2, 0.25) is 0 Å². The summed E-state index contributed by atoms with van der Waals surface area (Å²) in [6.07, 6.45) is 4.37. The number of ether oxygens (including phenoxy) is 1. The lowest BCUT2D eigenvalue weighted by molar-refractivity contribution is 0.0953. The maximum absolute atomic E-state index is 12.9. The average Bonchev–Trinajstić information content (AvgIpc) is 2.76. The summed E-state index contributed by atoms with van der Waals surface area (Å²) in [5.74, 6) is 0.776. The molecule has 0 aliphatic heterocycles. The van der Waals surface area contributed by atoms with Crippen molar-refractivity contribution in [2.45, 2.75) is 12.8 Å². The predicted molar refractivity (Wildman–Crippen MR) is 110 cm³/mol. The minimum absolute atomic E-state index is 0.224. The number of benzene rings is 2. The van der Waals surface area contributed by atoms with Crippen molar-refractivity contribution in [2.24, 2.45) is 0 Å². The molecule has 0 spiro atoms. The summed E-state index contributed by atoms with van der Waals surface area (Å²) < 4.78 is 18.2. The third kappa shape index (κ3) is 6.00. The number of hydrogen-bond donors (Lipinski definition) is 2. The Morgan fingerprint density at radius 1 is 1.00 bits per heavy atom. The van der Waals surface area contributed by atoms with Crippen molar-refractivity contribution < 1.29 is 13.9 Å². The molecule has 29 heavy (non-hydrogen) atoms. The topological polar surface area (TPSA) is 76.1 Å². The van der Waals surface area contributed by atoms with Gasteiger partial charge in [0.05, 0.1) is 12.7 Å². The molecule has 6 nitrogen and oxygen atoms in total. The van der Waals surface area contributed by atoms with Crippen molar-refractivity contribution in [3.05, 3.63) is 83.4 Å². The van der Waals surface area contributed by atoms with E-state index in [1.165, 1.54) is 24.5 Å². The number of nitrogens with zero attached hydrogens (tertiary/aromatic N) is 2. The molecule has 0 saturated carbocycles. The van der Waals surface area contributed by atoms with Gasteiger partial charge >= 0.3 is 0 Å². The Morgan fingerprint density at radius 3 is 2.45 bits per heavy atom. The number of anilines is 1. The summed E-state index contributed by atoms with van der Waals surface area (Å²) in [7, 11) is 1.63. The fraction of sp³-hybridized carbons (Fsp3) is 0.227. The number of methoxy groups -OCH3 is 1. The minimum atomic E-state index is -0.248. The number of carbonyl (C=O) groups is 1. The molecule has 2 aromatic carbocycles. The van der Waals surface area contributed by atoms with E-state index in [0.29, 0.717) is 31.0 Å². The Morgan fingerprint density at radius 2 is 1.72 bits per heavy atom. The predicted octanol–water partition coefficient (Wildman–Crippen LogP) is 3.25. The van der Waals surface area contributed by atoms with E-state index in [9.17, 15) is 9.18 Å². The molecular weight excluding hydrogens is 371 g/mol.